The van der Waals surface area contributed by atoms with Crippen LogP contribution in [0.5, 0.6) is 0 Å². The number of benzene rings is 3. The molecule has 0 saturated heterocycles. The zero-order valence-electron chi connectivity index (χ0n) is 26.1. The molecule has 0 radical (unpaired) electrons. The van der Waals surface area contributed by atoms with Crippen LogP contribution in [0, 0.1) is 5.92 Å². The molecular formula is C35H43N5O6. The van der Waals surface area contributed by atoms with Crippen molar-refractivity contribution in [3.8, 4) is 11.1 Å². The van der Waals surface area contributed by atoms with Gasteiger partial charge in [0, 0.05) is 18.2 Å². The number of carbonyl (C=O) groups is 4. The first-order chi connectivity index (χ1) is 22.3. The van der Waals surface area contributed by atoms with Crippen LogP contribution in [-0.2, 0) is 20.9 Å². The van der Waals surface area contributed by atoms with E-state index in [1.807, 2.05) is 31.2 Å². The van der Waals surface area contributed by atoms with Gasteiger partial charge in [-0.2, -0.15) is 0 Å². The molecule has 3 aromatic rings. The van der Waals surface area contributed by atoms with E-state index in [4.69, 9.17) is 15.6 Å². The fourth-order valence-corrected chi connectivity index (χ4v) is 5.88. The van der Waals surface area contributed by atoms with E-state index in [1.54, 1.807) is 24.3 Å². The van der Waals surface area contributed by atoms with Crippen molar-refractivity contribution in [2.75, 3.05) is 25.0 Å². The second-order valence-electron chi connectivity index (χ2n) is 11.4. The maximum Gasteiger partial charge on any atom is 0.407 e. The molecule has 46 heavy (non-hydrogen) atoms. The van der Waals surface area contributed by atoms with Crippen LogP contribution in [0.25, 0.3) is 11.1 Å². The van der Waals surface area contributed by atoms with Gasteiger partial charge in [0.25, 0.3) is 0 Å². The first kappa shape index (κ1) is 34.0. The van der Waals surface area contributed by atoms with Crippen LogP contribution in [0.1, 0.15) is 61.6 Å². The number of nitrogens with one attached hydrogen (secondary N) is 4. The van der Waals surface area contributed by atoms with Crippen molar-refractivity contribution in [3.05, 3.63) is 89.5 Å². The van der Waals surface area contributed by atoms with E-state index in [0.717, 1.165) is 59.9 Å². The molecule has 11 heteroatoms. The summed E-state index contributed by atoms with van der Waals surface area (Å²) in [6.07, 6.45) is 3.92. The molecule has 2 aliphatic carbocycles. The summed E-state index contributed by atoms with van der Waals surface area (Å²) >= 11 is 0. The number of ether oxygens (including phenoxy) is 1. The first-order valence-corrected chi connectivity index (χ1v) is 15.7. The van der Waals surface area contributed by atoms with Gasteiger partial charge in [0.1, 0.15) is 12.6 Å². The van der Waals surface area contributed by atoms with E-state index in [0.29, 0.717) is 12.2 Å². The highest BCUT2D eigenvalue weighted by Crippen LogP contribution is 2.44. The molecule has 1 unspecified atom stereocenters. The number of nitrogens with two attached hydrogens (primary N) is 1. The van der Waals surface area contributed by atoms with Gasteiger partial charge < -0.3 is 36.8 Å². The number of rotatable bonds is 11. The molecule has 0 bridgehead atoms. The molecule has 11 nitrogen and oxygen atoms in total. The van der Waals surface area contributed by atoms with Gasteiger partial charge in [0.15, 0.2) is 0 Å². The largest absolute Gasteiger partial charge is 0.449 e. The van der Waals surface area contributed by atoms with Crippen LogP contribution >= 0.6 is 0 Å². The SMILES string of the molecule is CCCNC(N)=O.O=C(CNC(=O)C(NC(=O)OCC1c2ccccc2-c2ccccc21)C1CCCC1)Nc1ccc(CO)cc1. The molecule has 5 rings (SSSR count). The van der Waals surface area contributed by atoms with Gasteiger partial charge in [-0.1, -0.05) is 80.4 Å². The molecule has 2 aliphatic rings. The Morgan fingerprint density at radius 3 is 2.04 bits per heavy atom. The average molecular weight is 630 g/mol. The number of carbonyl (C=O) groups excluding carboxylic acids is 4. The third-order valence-electron chi connectivity index (χ3n) is 8.16. The van der Waals surface area contributed by atoms with Gasteiger partial charge >= 0.3 is 12.1 Å². The second-order valence-corrected chi connectivity index (χ2v) is 11.4. The molecule has 3 aromatic carbocycles. The lowest BCUT2D eigenvalue weighted by molar-refractivity contribution is -0.126. The molecule has 5 amide bonds. The average Bonchev–Trinajstić information content (AvgIpc) is 3.72. The van der Waals surface area contributed by atoms with Crippen LogP contribution in [0.15, 0.2) is 72.8 Å². The molecule has 7 N–H and O–H groups in total. The Hall–Kier alpha value is -4.90. The Morgan fingerprint density at radius 1 is 0.891 bits per heavy atom. The highest BCUT2D eigenvalue weighted by molar-refractivity contribution is 5.96. The quantitative estimate of drug-likeness (QED) is 0.184. The molecule has 0 aliphatic heterocycles. The summed E-state index contributed by atoms with van der Waals surface area (Å²) < 4.78 is 5.68. The number of anilines is 1. The Morgan fingerprint density at radius 2 is 1.50 bits per heavy atom. The van der Waals surface area contributed by atoms with Crippen molar-refractivity contribution < 1.29 is 29.0 Å². The number of alkyl carbamates (subject to hydrolysis) is 1. The topological polar surface area (TPSA) is 172 Å². The van der Waals surface area contributed by atoms with Crippen molar-refractivity contribution >= 4 is 29.6 Å². The number of urea groups is 1. The highest BCUT2D eigenvalue weighted by Gasteiger charge is 2.34. The van der Waals surface area contributed by atoms with Gasteiger partial charge in [0.2, 0.25) is 11.8 Å². The number of hydrogen-bond donors (Lipinski definition) is 6. The van der Waals surface area contributed by atoms with Crippen molar-refractivity contribution in [1.82, 2.24) is 16.0 Å². The number of hydrogen-bond acceptors (Lipinski definition) is 6. The molecule has 1 atom stereocenters. The van der Waals surface area contributed by atoms with E-state index in [1.165, 1.54) is 0 Å². The van der Waals surface area contributed by atoms with Gasteiger partial charge in [-0.25, -0.2) is 9.59 Å². The summed E-state index contributed by atoms with van der Waals surface area (Å²) in [6, 6.07) is 21.8. The lowest BCUT2D eigenvalue weighted by Gasteiger charge is -2.24. The van der Waals surface area contributed by atoms with Crippen molar-refractivity contribution in [2.24, 2.45) is 11.7 Å². The smallest absolute Gasteiger partial charge is 0.407 e. The van der Waals surface area contributed by atoms with Crippen LogP contribution < -0.4 is 27.0 Å². The van der Waals surface area contributed by atoms with Gasteiger partial charge in [-0.3, -0.25) is 9.59 Å². The third-order valence-corrected chi connectivity index (χ3v) is 8.16. The van der Waals surface area contributed by atoms with Crippen molar-refractivity contribution in [3.63, 3.8) is 0 Å². The predicted molar refractivity (Wildman–Crippen MR) is 176 cm³/mol. The summed E-state index contributed by atoms with van der Waals surface area (Å²) in [7, 11) is 0. The zero-order chi connectivity index (χ0) is 32.9. The number of aliphatic hydroxyl groups is 1. The van der Waals surface area contributed by atoms with Crippen molar-refractivity contribution in [1.29, 1.82) is 0 Å². The van der Waals surface area contributed by atoms with Gasteiger partial charge in [-0.15, -0.1) is 0 Å². The van der Waals surface area contributed by atoms with Crippen LogP contribution in [0.2, 0.25) is 0 Å². The Kier molecular flexibility index (Phi) is 12.5. The summed E-state index contributed by atoms with van der Waals surface area (Å²) in [5, 5.41) is 19.8. The summed E-state index contributed by atoms with van der Waals surface area (Å²) in [4.78, 5) is 48.3. The minimum atomic E-state index is -0.778. The monoisotopic (exact) mass is 629 g/mol. The highest BCUT2D eigenvalue weighted by atomic mass is 16.5. The Balaban J connectivity index is 0.000000617. The van der Waals surface area contributed by atoms with E-state index in [9.17, 15) is 19.2 Å². The number of primary amides is 1. The molecule has 1 saturated carbocycles. The van der Waals surface area contributed by atoms with E-state index < -0.39 is 24.1 Å². The molecule has 0 aromatic heterocycles. The number of aliphatic hydroxyl groups excluding tert-OH is 1. The summed E-state index contributed by atoms with van der Waals surface area (Å²) in [5.41, 5.74) is 10.6. The molecule has 0 spiro atoms. The zero-order valence-corrected chi connectivity index (χ0v) is 26.1. The second kappa shape index (κ2) is 17.0. The molecular weight excluding hydrogens is 586 g/mol. The van der Waals surface area contributed by atoms with Gasteiger partial charge in [0.05, 0.1) is 13.2 Å². The molecule has 0 heterocycles. The fraction of sp³-hybridized carbons (Fsp3) is 0.371. The first-order valence-electron chi connectivity index (χ1n) is 15.7. The lowest BCUT2D eigenvalue weighted by Crippen LogP contribution is -2.51. The van der Waals surface area contributed by atoms with E-state index >= 15 is 0 Å². The van der Waals surface area contributed by atoms with Crippen molar-refractivity contribution in [2.45, 2.75) is 57.6 Å². The summed E-state index contributed by atoms with van der Waals surface area (Å²) in [6.45, 7) is 2.50. The standard InChI is InChI=1S/C31H33N3O5.C4H10N2O/c35-18-20-13-15-22(16-14-20)33-28(36)17-32-30(37)29(21-7-1-2-8-21)34-31(38)39-19-27-25-11-5-3-9-23(25)24-10-4-6-12-26(24)27;1-2-3-6-4(5)7/h3-6,9-16,21,27,29,35H,1-2,7-8,17-19H2,(H,32,37)(H,33,36)(H,34,38);2-3H2,1H3,(H3,5,6,7). The third kappa shape index (κ3) is 9.31. The van der Waals surface area contributed by atoms with Crippen LogP contribution in [-0.4, -0.2) is 54.8 Å². The maximum atomic E-state index is 13.1. The summed E-state index contributed by atoms with van der Waals surface area (Å²) in [5.74, 6) is -0.871. The van der Waals surface area contributed by atoms with E-state index in [-0.39, 0.29) is 37.5 Å². The number of fused-ring (bicyclic) bond motifs is 3. The molecule has 244 valence electrons. The Bertz CT molecular complexity index is 1440. The molecule has 1 fully saturated rings. The lowest BCUT2D eigenvalue weighted by atomic mass is 9.97. The van der Waals surface area contributed by atoms with Crippen LogP contribution in [0.4, 0.5) is 15.3 Å². The fourth-order valence-electron chi connectivity index (χ4n) is 5.88. The van der Waals surface area contributed by atoms with Crippen LogP contribution in [0.3, 0.4) is 0 Å². The minimum Gasteiger partial charge on any atom is -0.449 e. The van der Waals surface area contributed by atoms with E-state index in [2.05, 4.69) is 45.5 Å². The Labute approximate surface area is 269 Å². The normalized spacial score (nSPS) is 14.1. The number of amides is 5. The maximum absolute atomic E-state index is 13.1. The van der Waals surface area contributed by atoms with Gasteiger partial charge in [-0.05, 0) is 65.1 Å². The predicted octanol–water partition coefficient (Wildman–Crippen LogP) is 4.40. The minimum absolute atomic E-state index is 0.0143.